The Kier molecular flexibility index (Phi) is 15.6. The molecule has 3 nitrogen and oxygen atoms in total. The molecule has 4 rings (SSSR count). The minimum atomic E-state index is 0.210. The van der Waals surface area contributed by atoms with Gasteiger partial charge in [0, 0.05) is 13.2 Å². The van der Waals surface area contributed by atoms with Crippen LogP contribution in [0.2, 0.25) is 0 Å². The largest absolute Gasteiger partial charge is 0.396 e. The van der Waals surface area contributed by atoms with Crippen molar-refractivity contribution in [2.24, 2.45) is 23.7 Å². The lowest BCUT2D eigenvalue weighted by molar-refractivity contribution is -0.105. The van der Waals surface area contributed by atoms with Gasteiger partial charge in [-0.15, -0.1) is 0 Å². The molecule has 0 bridgehead atoms. The van der Waals surface area contributed by atoms with Crippen molar-refractivity contribution >= 4 is 6.29 Å². The zero-order valence-corrected chi connectivity index (χ0v) is 26.6. The topological polar surface area (TPSA) is 57.5 Å². The third-order valence-corrected chi connectivity index (χ3v) is 10.1. The number of aldehydes is 1. The van der Waals surface area contributed by atoms with E-state index >= 15 is 0 Å². The number of rotatable bonds is 14. The predicted molar refractivity (Wildman–Crippen MR) is 178 cm³/mol. The van der Waals surface area contributed by atoms with E-state index in [2.05, 4.69) is 62.0 Å². The van der Waals surface area contributed by atoms with Gasteiger partial charge in [0.05, 0.1) is 0 Å². The normalized spacial score (nSPS) is 23.0. The summed E-state index contributed by atoms with van der Waals surface area (Å²) in [5.41, 5.74) is 6.35. The number of hydrogen-bond donors (Lipinski definition) is 2. The molecule has 2 aliphatic rings. The third kappa shape index (κ3) is 10.8. The highest BCUT2D eigenvalue weighted by Gasteiger charge is 2.33. The first-order valence-corrected chi connectivity index (χ1v) is 17.1. The van der Waals surface area contributed by atoms with Gasteiger partial charge in [0.1, 0.15) is 6.29 Å². The molecule has 0 saturated heterocycles. The Morgan fingerprint density at radius 3 is 1.86 bits per heavy atom. The Labute approximate surface area is 256 Å². The second-order valence-electron chi connectivity index (χ2n) is 13.0. The molecule has 1 unspecified atom stereocenters. The quantitative estimate of drug-likeness (QED) is 0.134. The average Bonchev–Trinajstić information content (AvgIpc) is 3.05. The zero-order chi connectivity index (χ0) is 30.2. The van der Waals surface area contributed by atoms with Crippen LogP contribution >= 0.6 is 0 Å². The monoisotopic (exact) mass is 574 g/mol. The van der Waals surface area contributed by atoms with Crippen LogP contribution in [0.4, 0.5) is 0 Å². The van der Waals surface area contributed by atoms with Gasteiger partial charge in [-0.05, 0) is 134 Å². The molecule has 2 N–H and O–H groups in total. The molecule has 0 radical (unpaired) electrons. The highest BCUT2D eigenvalue weighted by molar-refractivity contribution is 5.71. The summed E-state index contributed by atoms with van der Waals surface area (Å²) in [6, 6.07) is 18.6. The average molecular weight is 575 g/mol. The van der Waals surface area contributed by atoms with Gasteiger partial charge in [-0.25, -0.2) is 0 Å². The van der Waals surface area contributed by atoms with Crippen LogP contribution < -0.4 is 0 Å². The molecule has 2 aromatic rings. The lowest BCUT2D eigenvalue weighted by Gasteiger charge is -2.39. The van der Waals surface area contributed by atoms with Crippen molar-refractivity contribution in [3.8, 4) is 11.1 Å². The van der Waals surface area contributed by atoms with Crippen molar-refractivity contribution in [2.75, 3.05) is 13.2 Å². The molecule has 2 saturated carbocycles. The van der Waals surface area contributed by atoms with E-state index in [4.69, 9.17) is 0 Å². The van der Waals surface area contributed by atoms with Gasteiger partial charge in [0.15, 0.2) is 0 Å². The first-order chi connectivity index (χ1) is 20.5. The maximum absolute atomic E-state index is 9.80. The van der Waals surface area contributed by atoms with E-state index in [9.17, 15) is 15.0 Å². The number of aliphatic hydroxyl groups excluding tert-OH is 2. The number of aryl methyl sites for hydroxylation is 1. The Balaban J connectivity index is 0.000000616. The molecule has 2 aromatic carbocycles. The molecule has 42 heavy (non-hydrogen) atoms. The molecule has 232 valence electrons. The molecule has 0 amide bonds. The van der Waals surface area contributed by atoms with Gasteiger partial charge < -0.3 is 10.2 Å². The number of allylic oxidation sites excluding steroid dienone is 1. The molecule has 0 spiro atoms. The van der Waals surface area contributed by atoms with Crippen molar-refractivity contribution in [2.45, 2.75) is 116 Å². The van der Waals surface area contributed by atoms with Crippen molar-refractivity contribution in [3.05, 3.63) is 71.8 Å². The number of hydrogen-bond acceptors (Lipinski definition) is 3. The van der Waals surface area contributed by atoms with E-state index in [1.165, 1.54) is 99.3 Å². The third-order valence-electron chi connectivity index (χ3n) is 10.1. The van der Waals surface area contributed by atoms with Crippen LogP contribution in [0.15, 0.2) is 60.7 Å². The Morgan fingerprint density at radius 1 is 0.810 bits per heavy atom. The van der Waals surface area contributed by atoms with Gasteiger partial charge in [0.25, 0.3) is 0 Å². The second-order valence-corrected chi connectivity index (χ2v) is 13.0. The lowest BCUT2D eigenvalue weighted by Crippen LogP contribution is -2.29. The van der Waals surface area contributed by atoms with Crippen LogP contribution in [0, 0.1) is 23.7 Å². The molecule has 0 aliphatic heterocycles. The molecule has 0 aromatic heterocycles. The van der Waals surface area contributed by atoms with Crippen molar-refractivity contribution < 1.29 is 15.0 Å². The predicted octanol–water partition coefficient (Wildman–Crippen LogP) is 9.70. The van der Waals surface area contributed by atoms with Gasteiger partial charge in [0.2, 0.25) is 0 Å². The fourth-order valence-corrected chi connectivity index (χ4v) is 7.42. The molecular weight excluding hydrogens is 516 g/mol. The zero-order valence-electron chi connectivity index (χ0n) is 26.6. The highest BCUT2D eigenvalue weighted by atomic mass is 16.3. The molecule has 1 atom stereocenters. The van der Waals surface area contributed by atoms with Crippen LogP contribution in [-0.2, 0) is 11.2 Å². The summed E-state index contributed by atoms with van der Waals surface area (Å²) in [7, 11) is 0. The smallest absolute Gasteiger partial charge is 0.145 e. The summed E-state index contributed by atoms with van der Waals surface area (Å²) in [6.07, 6.45) is 19.1. The van der Waals surface area contributed by atoms with Crippen LogP contribution in [0.3, 0.4) is 0 Å². The number of carbonyl (C=O) groups is 1. The van der Waals surface area contributed by atoms with E-state index < -0.39 is 0 Å². The van der Waals surface area contributed by atoms with Crippen molar-refractivity contribution in [1.29, 1.82) is 0 Å². The first-order valence-electron chi connectivity index (χ1n) is 17.1. The van der Waals surface area contributed by atoms with Crippen molar-refractivity contribution in [3.63, 3.8) is 0 Å². The van der Waals surface area contributed by atoms with E-state index in [-0.39, 0.29) is 13.2 Å². The SMILES string of the molecule is C=C(C=O)CCC.CCCCCc1ccc(-c2ccc(C3CCC(C4CCC(C(CO)CCO)CC4)CC3)cc2)cc1. The number of benzene rings is 2. The molecule has 0 heterocycles. The number of carbonyl (C=O) groups excluding carboxylic acids is 1. The molecular formula is C39H58O3. The first kappa shape index (κ1) is 34.3. The number of aliphatic hydroxyl groups is 2. The molecule has 2 fully saturated rings. The van der Waals surface area contributed by atoms with E-state index in [1.807, 2.05) is 6.92 Å². The summed E-state index contributed by atoms with van der Waals surface area (Å²) in [6.45, 7) is 8.23. The standard InChI is InChI=1S/C33H48O2.C6H10O/c1-2-3-4-5-25-6-8-26(9-7-25)27-10-12-28(13-11-27)29-14-16-30(17-15-29)31-18-20-32(21-19-31)33(24-35)22-23-34;1-3-4-6(2)5-7/h6-13,29-35H,2-5,14-24H2,1H3;5H,2-4H2,1H3. The molecule has 2 aliphatic carbocycles. The Bertz CT molecular complexity index is 1010. The van der Waals surface area contributed by atoms with E-state index in [0.29, 0.717) is 17.4 Å². The summed E-state index contributed by atoms with van der Waals surface area (Å²) in [4.78, 5) is 9.80. The highest BCUT2D eigenvalue weighted by Crippen LogP contribution is 2.45. The maximum atomic E-state index is 9.80. The van der Waals surface area contributed by atoms with Gasteiger partial charge in [-0.1, -0.05) is 88.2 Å². The summed E-state index contributed by atoms with van der Waals surface area (Å²) in [5, 5.41) is 19.0. The minimum Gasteiger partial charge on any atom is -0.396 e. The van der Waals surface area contributed by atoms with E-state index in [0.717, 1.165) is 43.3 Å². The summed E-state index contributed by atoms with van der Waals surface area (Å²) < 4.78 is 0. The number of unbranched alkanes of at least 4 members (excludes halogenated alkanes) is 2. The fourth-order valence-electron chi connectivity index (χ4n) is 7.42. The van der Waals surface area contributed by atoms with Gasteiger partial charge in [-0.3, -0.25) is 4.79 Å². The minimum absolute atomic E-state index is 0.210. The Morgan fingerprint density at radius 2 is 1.38 bits per heavy atom. The summed E-state index contributed by atoms with van der Waals surface area (Å²) in [5.74, 6) is 3.43. The van der Waals surface area contributed by atoms with Crippen LogP contribution in [-0.4, -0.2) is 29.7 Å². The van der Waals surface area contributed by atoms with Crippen LogP contribution in [0.1, 0.15) is 121 Å². The van der Waals surface area contributed by atoms with Gasteiger partial charge in [-0.2, -0.15) is 0 Å². The van der Waals surface area contributed by atoms with Crippen molar-refractivity contribution in [1.82, 2.24) is 0 Å². The maximum Gasteiger partial charge on any atom is 0.145 e. The van der Waals surface area contributed by atoms with Crippen LogP contribution in [0.5, 0.6) is 0 Å². The second kappa shape index (κ2) is 19.1. The fraction of sp³-hybridized carbons (Fsp3) is 0.615. The van der Waals surface area contributed by atoms with Gasteiger partial charge >= 0.3 is 0 Å². The lowest BCUT2D eigenvalue weighted by atomic mass is 9.66. The van der Waals surface area contributed by atoms with Crippen LogP contribution in [0.25, 0.3) is 11.1 Å². The molecule has 3 heteroatoms. The summed E-state index contributed by atoms with van der Waals surface area (Å²) >= 11 is 0. The Hall–Kier alpha value is -2.23. The van der Waals surface area contributed by atoms with E-state index in [1.54, 1.807) is 0 Å².